The molecule has 1 aromatic heterocycles. The molecule has 0 unspecified atom stereocenters. The van der Waals surface area contributed by atoms with E-state index < -0.39 is 28.3 Å². The number of rotatable bonds is 7. The summed E-state index contributed by atoms with van der Waals surface area (Å²) < 4.78 is 40.6. The summed E-state index contributed by atoms with van der Waals surface area (Å²) in [6.45, 7) is 1.29. The van der Waals surface area contributed by atoms with E-state index in [4.69, 9.17) is 0 Å². The van der Waals surface area contributed by atoms with Crippen molar-refractivity contribution in [3.63, 3.8) is 0 Å². The molecule has 0 radical (unpaired) electrons. The molecule has 0 saturated heterocycles. The molecule has 0 aliphatic carbocycles. The van der Waals surface area contributed by atoms with Gasteiger partial charge in [0.15, 0.2) is 0 Å². The lowest BCUT2D eigenvalue weighted by atomic mass is 10.2. The van der Waals surface area contributed by atoms with Crippen LogP contribution in [-0.2, 0) is 14.8 Å². The maximum Gasteiger partial charge on any atom is 0.264 e. The third kappa shape index (κ3) is 5.26. The Morgan fingerprint density at radius 1 is 1.10 bits per heavy atom. The first-order valence-electron chi connectivity index (χ1n) is 8.94. The first-order chi connectivity index (χ1) is 14.4. The molecule has 0 aliphatic rings. The molecule has 2 aromatic carbocycles. The number of hydrogen-bond donors (Lipinski definition) is 1. The lowest BCUT2D eigenvalue weighted by Gasteiger charge is -2.23. The molecule has 0 spiro atoms. The van der Waals surface area contributed by atoms with Crippen LogP contribution in [0, 0.1) is 12.7 Å². The molecule has 0 atom stereocenters. The van der Waals surface area contributed by atoms with Crippen LogP contribution >= 0.6 is 0 Å². The van der Waals surface area contributed by atoms with E-state index in [0.717, 1.165) is 22.0 Å². The summed E-state index contributed by atoms with van der Waals surface area (Å²) in [5, 5.41) is 3.80. The lowest BCUT2D eigenvalue weighted by molar-refractivity contribution is -0.119. The molecule has 0 fully saturated rings. The van der Waals surface area contributed by atoms with Gasteiger partial charge >= 0.3 is 0 Å². The van der Waals surface area contributed by atoms with Crippen LogP contribution in [0.25, 0.3) is 0 Å². The number of hydrazone groups is 1. The number of nitrogens with one attached hydrogen (secondary N) is 1. The molecule has 1 N–H and O–H groups in total. The summed E-state index contributed by atoms with van der Waals surface area (Å²) in [5.74, 6) is -1.18. The van der Waals surface area contributed by atoms with Gasteiger partial charge in [-0.15, -0.1) is 0 Å². The van der Waals surface area contributed by atoms with Crippen LogP contribution in [0.4, 0.5) is 10.1 Å². The largest absolute Gasteiger partial charge is 0.271 e. The first-order valence-corrected chi connectivity index (χ1v) is 10.4. The summed E-state index contributed by atoms with van der Waals surface area (Å²) in [4.78, 5) is 16.4. The zero-order chi connectivity index (χ0) is 21.6. The molecular formula is C21H19FN4O3S. The van der Waals surface area contributed by atoms with E-state index in [-0.39, 0.29) is 10.6 Å². The third-order valence-electron chi connectivity index (χ3n) is 4.08. The predicted molar refractivity (Wildman–Crippen MR) is 112 cm³/mol. The molecule has 0 aliphatic heterocycles. The minimum atomic E-state index is -4.07. The van der Waals surface area contributed by atoms with Gasteiger partial charge in [0.1, 0.15) is 12.4 Å². The Balaban J connectivity index is 1.84. The number of carbonyl (C=O) groups excluding carboxylic acids is 1. The number of aryl methyl sites for hydroxylation is 1. The highest BCUT2D eigenvalue weighted by atomic mass is 32.2. The number of sulfonamides is 1. The van der Waals surface area contributed by atoms with Crippen LogP contribution < -0.4 is 9.73 Å². The number of carbonyl (C=O) groups is 1. The smallest absolute Gasteiger partial charge is 0.264 e. The highest BCUT2D eigenvalue weighted by Gasteiger charge is 2.27. The van der Waals surface area contributed by atoms with Crippen LogP contribution in [0.3, 0.4) is 0 Å². The van der Waals surface area contributed by atoms with Gasteiger partial charge in [-0.3, -0.25) is 14.1 Å². The Morgan fingerprint density at radius 3 is 2.43 bits per heavy atom. The summed E-state index contributed by atoms with van der Waals surface area (Å²) in [7, 11) is -4.07. The average Bonchev–Trinajstić information content (AvgIpc) is 2.74. The minimum Gasteiger partial charge on any atom is -0.271 e. The summed E-state index contributed by atoms with van der Waals surface area (Å²) >= 11 is 0. The van der Waals surface area contributed by atoms with Gasteiger partial charge in [0.25, 0.3) is 15.9 Å². The number of aromatic nitrogens is 1. The van der Waals surface area contributed by atoms with Gasteiger partial charge in [-0.05, 0) is 55.5 Å². The van der Waals surface area contributed by atoms with E-state index in [0.29, 0.717) is 5.69 Å². The maximum absolute atomic E-state index is 13.3. The van der Waals surface area contributed by atoms with E-state index in [1.807, 2.05) is 6.92 Å². The molecule has 0 saturated carbocycles. The number of hydrogen-bond acceptors (Lipinski definition) is 5. The second-order valence-electron chi connectivity index (χ2n) is 6.35. The van der Waals surface area contributed by atoms with Gasteiger partial charge in [-0.25, -0.2) is 18.2 Å². The number of benzene rings is 2. The first kappa shape index (κ1) is 21.1. The van der Waals surface area contributed by atoms with Crippen molar-refractivity contribution in [2.45, 2.75) is 11.8 Å². The molecule has 1 amide bonds. The maximum atomic E-state index is 13.3. The van der Waals surface area contributed by atoms with Crippen LogP contribution in [0.2, 0.25) is 0 Å². The van der Waals surface area contributed by atoms with Gasteiger partial charge in [-0.1, -0.05) is 23.8 Å². The molecule has 3 aromatic rings. The molecule has 3 rings (SSSR count). The Labute approximate surface area is 173 Å². The average molecular weight is 426 g/mol. The number of pyridine rings is 1. The van der Waals surface area contributed by atoms with Crippen molar-refractivity contribution in [1.82, 2.24) is 10.4 Å². The molecular weight excluding hydrogens is 407 g/mol. The topological polar surface area (TPSA) is 91.7 Å². The number of halogens is 1. The SMILES string of the molecule is Cc1ccc(S(=O)(=O)N(CC(=O)N/N=C\c2ccccn2)c2ccc(F)cc2)cc1. The highest BCUT2D eigenvalue weighted by molar-refractivity contribution is 7.92. The predicted octanol–water partition coefficient (Wildman–Crippen LogP) is 2.87. The number of anilines is 1. The quantitative estimate of drug-likeness (QED) is 0.465. The van der Waals surface area contributed by atoms with Gasteiger partial charge < -0.3 is 0 Å². The lowest BCUT2D eigenvalue weighted by Crippen LogP contribution is -2.39. The van der Waals surface area contributed by atoms with Crippen LogP contribution in [0.1, 0.15) is 11.3 Å². The van der Waals surface area contributed by atoms with Gasteiger partial charge in [-0.2, -0.15) is 5.10 Å². The van der Waals surface area contributed by atoms with Crippen molar-refractivity contribution in [1.29, 1.82) is 0 Å². The van der Waals surface area contributed by atoms with Gasteiger partial charge in [0.2, 0.25) is 0 Å². The molecule has 0 bridgehead atoms. The highest BCUT2D eigenvalue weighted by Crippen LogP contribution is 2.24. The van der Waals surface area contributed by atoms with Crippen LogP contribution in [0.15, 0.2) is 82.9 Å². The second-order valence-corrected chi connectivity index (χ2v) is 8.21. The van der Waals surface area contributed by atoms with Crippen molar-refractivity contribution in [2.24, 2.45) is 5.10 Å². The Kier molecular flexibility index (Phi) is 6.53. The summed E-state index contributed by atoms with van der Waals surface area (Å²) in [6.07, 6.45) is 2.92. The Bertz CT molecular complexity index is 1130. The van der Waals surface area contributed by atoms with Crippen molar-refractivity contribution in [3.8, 4) is 0 Å². The summed E-state index contributed by atoms with van der Waals surface area (Å²) in [5.41, 5.74) is 3.86. The molecule has 7 nitrogen and oxygen atoms in total. The zero-order valence-corrected chi connectivity index (χ0v) is 16.9. The van der Waals surface area contributed by atoms with E-state index in [1.165, 1.54) is 30.5 Å². The number of amides is 1. The van der Waals surface area contributed by atoms with E-state index in [1.54, 1.807) is 36.5 Å². The third-order valence-corrected chi connectivity index (χ3v) is 5.87. The molecule has 30 heavy (non-hydrogen) atoms. The molecule has 154 valence electrons. The molecule has 1 heterocycles. The fourth-order valence-electron chi connectivity index (χ4n) is 2.55. The Morgan fingerprint density at radius 2 is 1.80 bits per heavy atom. The fourth-order valence-corrected chi connectivity index (χ4v) is 3.97. The normalized spacial score (nSPS) is 11.4. The summed E-state index contributed by atoms with van der Waals surface area (Å²) in [6, 6.07) is 16.3. The van der Waals surface area contributed by atoms with Crippen LogP contribution in [0.5, 0.6) is 0 Å². The van der Waals surface area contributed by atoms with E-state index in [2.05, 4.69) is 15.5 Å². The fraction of sp³-hybridized carbons (Fsp3) is 0.0952. The Hall–Kier alpha value is -3.59. The monoisotopic (exact) mass is 426 g/mol. The van der Waals surface area contributed by atoms with Crippen molar-refractivity contribution >= 4 is 27.8 Å². The van der Waals surface area contributed by atoms with E-state index in [9.17, 15) is 17.6 Å². The van der Waals surface area contributed by atoms with Crippen molar-refractivity contribution in [2.75, 3.05) is 10.8 Å². The molecule has 9 heteroatoms. The number of nitrogens with zero attached hydrogens (tertiary/aromatic N) is 3. The van der Waals surface area contributed by atoms with Crippen LogP contribution in [-0.4, -0.2) is 32.1 Å². The standard InChI is InChI=1S/C21H19FN4O3S/c1-16-5-11-20(12-6-16)30(28,29)26(19-9-7-17(22)8-10-19)15-21(27)25-24-14-18-4-2-3-13-23-18/h2-14H,15H2,1H3,(H,25,27)/b24-14-. The van der Waals surface area contributed by atoms with E-state index >= 15 is 0 Å². The second kappa shape index (κ2) is 9.27. The zero-order valence-electron chi connectivity index (χ0n) is 16.1. The minimum absolute atomic E-state index is 0.0159. The van der Waals surface area contributed by atoms with Crippen molar-refractivity contribution in [3.05, 3.63) is 90.0 Å². The van der Waals surface area contributed by atoms with Gasteiger partial charge in [0, 0.05) is 6.20 Å². The van der Waals surface area contributed by atoms with Crippen molar-refractivity contribution < 1.29 is 17.6 Å². The van der Waals surface area contributed by atoms with Gasteiger partial charge in [0.05, 0.1) is 22.5 Å².